The fraction of sp³-hybridized carbons (Fsp3) is 0.0714. The summed E-state index contributed by atoms with van der Waals surface area (Å²) in [5.74, 6) is 0.310. The van der Waals surface area contributed by atoms with Gasteiger partial charge in [0.1, 0.15) is 23.3 Å². The van der Waals surface area contributed by atoms with Crippen LogP contribution in [0.1, 0.15) is 17.1 Å². The number of benzene rings is 1. The van der Waals surface area contributed by atoms with Crippen LogP contribution in [0.3, 0.4) is 0 Å². The summed E-state index contributed by atoms with van der Waals surface area (Å²) >= 11 is 5.96. The molecule has 0 unspecified atom stereocenters. The van der Waals surface area contributed by atoms with Gasteiger partial charge in [-0.05, 0) is 29.8 Å². The minimum atomic E-state index is -0.395. The molecule has 5 nitrogen and oxygen atoms in total. The van der Waals surface area contributed by atoms with Crippen LogP contribution in [0.4, 0.5) is 4.39 Å². The molecule has 0 saturated carbocycles. The van der Waals surface area contributed by atoms with Crippen molar-refractivity contribution < 1.29 is 8.91 Å². The number of nitrogens with zero attached hydrogens (tertiary/aromatic N) is 3. The van der Waals surface area contributed by atoms with Crippen LogP contribution in [0.25, 0.3) is 11.6 Å². The van der Waals surface area contributed by atoms with E-state index >= 15 is 0 Å². The largest absolute Gasteiger partial charge is 0.342 e. The van der Waals surface area contributed by atoms with Crippen molar-refractivity contribution in [3.05, 3.63) is 58.3 Å². The van der Waals surface area contributed by atoms with Crippen LogP contribution in [0.2, 0.25) is 5.02 Å². The summed E-state index contributed by atoms with van der Waals surface area (Å²) in [7, 11) is 0. The van der Waals surface area contributed by atoms with Gasteiger partial charge >= 0.3 is 0 Å². The SMILES string of the molecule is N#Cc1ccc(-c2nc(Cc3ccc(F)cc3Cl)no2)[nH]1. The first kappa shape index (κ1) is 13.3. The van der Waals surface area contributed by atoms with Gasteiger partial charge in [0.25, 0.3) is 5.89 Å². The normalized spacial score (nSPS) is 10.5. The Morgan fingerprint density at radius 3 is 2.90 bits per heavy atom. The molecule has 3 rings (SSSR count). The van der Waals surface area contributed by atoms with E-state index in [1.165, 1.54) is 12.1 Å². The van der Waals surface area contributed by atoms with E-state index < -0.39 is 5.82 Å². The fourth-order valence-corrected chi connectivity index (χ4v) is 2.09. The number of aromatic nitrogens is 3. The van der Waals surface area contributed by atoms with E-state index in [0.29, 0.717) is 34.2 Å². The Labute approximate surface area is 124 Å². The van der Waals surface area contributed by atoms with Gasteiger partial charge in [-0.1, -0.05) is 22.8 Å². The highest BCUT2D eigenvalue weighted by Gasteiger charge is 2.12. The molecule has 0 atom stereocenters. The Morgan fingerprint density at radius 1 is 1.33 bits per heavy atom. The van der Waals surface area contributed by atoms with Crippen LogP contribution in [0.15, 0.2) is 34.9 Å². The predicted octanol–water partition coefficient (Wildman–Crippen LogP) is 3.32. The molecule has 0 amide bonds. The summed E-state index contributed by atoms with van der Waals surface area (Å²) in [6, 6.07) is 9.42. The molecule has 7 heteroatoms. The summed E-state index contributed by atoms with van der Waals surface area (Å²) in [5.41, 5.74) is 1.68. The number of aromatic amines is 1. The third-order valence-electron chi connectivity index (χ3n) is 2.87. The predicted molar refractivity (Wildman–Crippen MR) is 73.0 cm³/mol. The van der Waals surface area contributed by atoms with E-state index in [2.05, 4.69) is 15.1 Å². The number of nitriles is 1. The van der Waals surface area contributed by atoms with Crippen molar-refractivity contribution in [3.63, 3.8) is 0 Å². The average molecular weight is 303 g/mol. The highest BCUT2D eigenvalue weighted by molar-refractivity contribution is 6.31. The highest BCUT2D eigenvalue weighted by Crippen LogP contribution is 2.21. The zero-order chi connectivity index (χ0) is 14.8. The first-order valence-corrected chi connectivity index (χ1v) is 6.39. The second kappa shape index (κ2) is 5.38. The number of hydrogen-bond donors (Lipinski definition) is 1. The molecule has 1 N–H and O–H groups in total. The van der Waals surface area contributed by atoms with Crippen LogP contribution in [-0.4, -0.2) is 15.1 Å². The lowest BCUT2D eigenvalue weighted by Crippen LogP contribution is -1.92. The van der Waals surface area contributed by atoms with Crippen molar-refractivity contribution in [1.29, 1.82) is 5.26 Å². The Hall–Kier alpha value is -2.65. The maximum Gasteiger partial charge on any atom is 0.274 e. The van der Waals surface area contributed by atoms with Crippen molar-refractivity contribution in [2.45, 2.75) is 6.42 Å². The lowest BCUT2D eigenvalue weighted by molar-refractivity contribution is 0.423. The van der Waals surface area contributed by atoms with Gasteiger partial charge in [-0.15, -0.1) is 0 Å². The van der Waals surface area contributed by atoms with Gasteiger partial charge in [-0.2, -0.15) is 10.2 Å². The minimum Gasteiger partial charge on any atom is -0.342 e. The molecule has 0 saturated heterocycles. The second-order valence-corrected chi connectivity index (χ2v) is 4.73. The standard InChI is InChI=1S/C14H8ClFN4O/c15-11-6-9(16)2-1-8(11)5-13-19-14(21-20-13)12-4-3-10(7-17)18-12/h1-4,6,18H,5H2. The minimum absolute atomic E-state index is 0.282. The first-order valence-electron chi connectivity index (χ1n) is 6.01. The van der Waals surface area contributed by atoms with E-state index in [9.17, 15) is 4.39 Å². The molecule has 0 bridgehead atoms. The Balaban J connectivity index is 1.83. The number of halogens is 2. The van der Waals surface area contributed by atoms with Crippen molar-refractivity contribution in [2.24, 2.45) is 0 Å². The number of hydrogen-bond acceptors (Lipinski definition) is 4. The molecule has 3 aromatic rings. The number of nitrogens with one attached hydrogen (secondary N) is 1. The quantitative estimate of drug-likeness (QED) is 0.805. The maximum atomic E-state index is 13.0. The highest BCUT2D eigenvalue weighted by atomic mass is 35.5. The number of H-pyrrole nitrogens is 1. The smallest absolute Gasteiger partial charge is 0.274 e. The summed E-state index contributed by atoms with van der Waals surface area (Å²) in [4.78, 5) is 7.06. The average Bonchev–Trinajstić information content (AvgIpc) is 3.10. The molecular weight excluding hydrogens is 295 g/mol. The third-order valence-corrected chi connectivity index (χ3v) is 3.22. The van der Waals surface area contributed by atoms with E-state index in [1.54, 1.807) is 18.2 Å². The summed E-state index contributed by atoms with van der Waals surface area (Å²) in [6.07, 6.45) is 0.328. The lowest BCUT2D eigenvalue weighted by Gasteiger charge is -2.00. The Kier molecular flexibility index (Phi) is 3.42. The maximum absolute atomic E-state index is 13.0. The van der Waals surface area contributed by atoms with Crippen molar-refractivity contribution in [3.8, 4) is 17.7 Å². The zero-order valence-corrected chi connectivity index (χ0v) is 11.4. The topological polar surface area (TPSA) is 78.5 Å². The molecule has 0 spiro atoms. The molecule has 2 aromatic heterocycles. The molecule has 0 aliphatic heterocycles. The van der Waals surface area contributed by atoms with Gasteiger partial charge in [0.15, 0.2) is 5.82 Å². The van der Waals surface area contributed by atoms with Crippen molar-refractivity contribution in [1.82, 2.24) is 15.1 Å². The van der Waals surface area contributed by atoms with E-state index in [-0.39, 0.29) is 5.89 Å². The van der Waals surface area contributed by atoms with Gasteiger partial charge < -0.3 is 9.51 Å². The molecule has 0 radical (unpaired) electrons. The summed E-state index contributed by atoms with van der Waals surface area (Å²) in [6.45, 7) is 0. The summed E-state index contributed by atoms with van der Waals surface area (Å²) in [5, 5.41) is 12.9. The monoisotopic (exact) mass is 302 g/mol. The molecule has 0 fully saturated rings. The van der Waals surface area contributed by atoms with Crippen LogP contribution in [0.5, 0.6) is 0 Å². The third kappa shape index (κ3) is 2.78. The fourth-order valence-electron chi connectivity index (χ4n) is 1.86. The van der Waals surface area contributed by atoms with Gasteiger partial charge in [0, 0.05) is 11.4 Å². The second-order valence-electron chi connectivity index (χ2n) is 4.33. The van der Waals surface area contributed by atoms with Gasteiger partial charge in [0.2, 0.25) is 0 Å². The molecule has 1 aromatic carbocycles. The Bertz CT molecular complexity index is 834. The van der Waals surface area contributed by atoms with Crippen molar-refractivity contribution >= 4 is 11.6 Å². The molecule has 104 valence electrons. The molecule has 2 heterocycles. The molecule has 0 aliphatic carbocycles. The van der Waals surface area contributed by atoms with E-state index in [1.807, 2.05) is 6.07 Å². The van der Waals surface area contributed by atoms with E-state index in [0.717, 1.165) is 0 Å². The van der Waals surface area contributed by atoms with Crippen LogP contribution in [0, 0.1) is 17.1 Å². The molecular formula is C14H8ClFN4O. The zero-order valence-electron chi connectivity index (χ0n) is 10.6. The number of rotatable bonds is 3. The van der Waals surface area contributed by atoms with Crippen molar-refractivity contribution in [2.75, 3.05) is 0 Å². The van der Waals surface area contributed by atoms with E-state index in [4.69, 9.17) is 21.4 Å². The van der Waals surface area contributed by atoms with Gasteiger partial charge in [-0.3, -0.25) is 0 Å². The van der Waals surface area contributed by atoms with Crippen LogP contribution in [-0.2, 0) is 6.42 Å². The molecule has 0 aliphatic rings. The van der Waals surface area contributed by atoms with Gasteiger partial charge in [0.05, 0.1) is 0 Å². The lowest BCUT2D eigenvalue weighted by atomic mass is 10.1. The Morgan fingerprint density at radius 2 is 2.19 bits per heavy atom. The summed E-state index contributed by atoms with van der Waals surface area (Å²) < 4.78 is 18.1. The molecule has 21 heavy (non-hydrogen) atoms. The first-order chi connectivity index (χ1) is 10.2. The van der Waals surface area contributed by atoms with Crippen LogP contribution >= 0.6 is 11.6 Å². The van der Waals surface area contributed by atoms with Gasteiger partial charge in [-0.25, -0.2) is 4.39 Å². The van der Waals surface area contributed by atoms with Crippen LogP contribution < -0.4 is 0 Å².